The van der Waals surface area contributed by atoms with E-state index in [-0.39, 0.29) is 19.7 Å². The maximum Gasteiger partial charge on any atom is 0.323 e. The number of carbonyl (C=O) groups is 2. The maximum atomic E-state index is 11.7. The molecule has 0 aliphatic heterocycles. The number of hydrogen-bond acceptors (Lipinski definition) is 4. The number of carbonyl (C=O) groups excluding carboxylic acids is 1. The molecule has 0 unspecified atom stereocenters. The number of nitrogens with one attached hydrogen (secondary N) is 1. The molecule has 0 saturated heterocycles. The fourth-order valence-electron chi connectivity index (χ4n) is 1.30. The molecule has 1 aromatic rings. The zero-order valence-corrected chi connectivity index (χ0v) is 10.1. The molecule has 0 fully saturated rings. The lowest BCUT2D eigenvalue weighted by Crippen LogP contribution is -2.44. The summed E-state index contributed by atoms with van der Waals surface area (Å²) in [5.74, 6) is -1.07. The second-order valence-electron chi connectivity index (χ2n) is 3.60. The number of carboxylic acid groups (broad SMARTS) is 1. The molecule has 0 radical (unpaired) electrons. The zero-order valence-electron chi connectivity index (χ0n) is 10.1. The first-order chi connectivity index (χ1) is 8.63. The molecule has 100 valence electrons. The van der Waals surface area contributed by atoms with Crippen molar-refractivity contribution in [3.05, 3.63) is 24.2 Å². The van der Waals surface area contributed by atoms with E-state index in [9.17, 15) is 9.59 Å². The number of hydrogen-bond donors (Lipinski definition) is 2. The lowest BCUT2D eigenvalue weighted by atomic mass is 10.3. The van der Waals surface area contributed by atoms with Gasteiger partial charge in [-0.3, -0.25) is 4.79 Å². The van der Waals surface area contributed by atoms with Gasteiger partial charge in [-0.05, 0) is 6.07 Å². The molecule has 0 spiro atoms. The van der Waals surface area contributed by atoms with Crippen molar-refractivity contribution in [2.24, 2.45) is 0 Å². The molecule has 0 saturated carbocycles. The number of rotatable bonds is 7. The van der Waals surface area contributed by atoms with Crippen LogP contribution < -0.4 is 5.32 Å². The summed E-state index contributed by atoms with van der Waals surface area (Å²) < 4.78 is 9.68. The smallest absolute Gasteiger partial charge is 0.323 e. The Kier molecular flexibility index (Phi) is 5.72. The van der Waals surface area contributed by atoms with Gasteiger partial charge in [0.05, 0.1) is 19.1 Å². The molecular weight excluding hydrogens is 240 g/mol. The number of urea groups is 1. The summed E-state index contributed by atoms with van der Waals surface area (Å²) in [6, 6.07) is 1.27. The molecule has 18 heavy (non-hydrogen) atoms. The Balaban J connectivity index is 2.44. The first kappa shape index (κ1) is 14.0. The molecule has 0 aliphatic rings. The second kappa shape index (κ2) is 7.33. The predicted octanol–water partition coefficient (Wildman–Crippen LogP) is 0.522. The van der Waals surface area contributed by atoms with Gasteiger partial charge in [0.2, 0.25) is 0 Å². The summed E-state index contributed by atoms with van der Waals surface area (Å²) in [5.41, 5.74) is 0.811. The number of aliphatic carboxylic acids is 1. The van der Waals surface area contributed by atoms with Gasteiger partial charge < -0.3 is 24.5 Å². The third-order valence-electron chi connectivity index (χ3n) is 2.20. The number of amides is 2. The first-order valence-corrected chi connectivity index (χ1v) is 5.38. The van der Waals surface area contributed by atoms with Crippen LogP contribution in [0.25, 0.3) is 0 Å². The fraction of sp³-hybridized carbons (Fsp3) is 0.455. The molecule has 7 heteroatoms. The van der Waals surface area contributed by atoms with E-state index in [1.807, 2.05) is 0 Å². The highest BCUT2D eigenvalue weighted by Gasteiger charge is 2.16. The highest BCUT2D eigenvalue weighted by atomic mass is 16.5. The number of carboxylic acids is 1. The van der Waals surface area contributed by atoms with Crippen LogP contribution in [0, 0.1) is 0 Å². The topological polar surface area (TPSA) is 92.0 Å². The Morgan fingerprint density at radius 1 is 1.56 bits per heavy atom. The molecule has 7 nitrogen and oxygen atoms in total. The molecule has 1 rings (SSSR count). The van der Waals surface area contributed by atoms with Crippen molar-refractivity contribution in [2.45, 2.75) is 6.54 Å². The molecule has 0 atom stereocenters. The fourth-order valence-corrected chi connectivity index (χ4v) is 1.30. The minimum atomic E-state index is -1.07. The van der Waals surface area contributed by atoms with Gasteiger partial charge in [0.25, 0.3) is 0 Å². The van der Waals surface area contributed by atoms with Crippen molar-refractivity contribution in [1.82, 2.24) is 10.2 Å². The Morgan fingerprint density at radius 2 is 2.33 bits per heavy atom. The van der Waals surface area contributed by atoms with Crippen molar-refractivity contribution in [1.29, 1.82) is 0 Å². The van der Waals surface area contributed by atoms with E-state index < -0.39 is 12.0 Å². The molecule has 0 bridgehead atoms. The number of methoxy groups -OCH3 is 1. The number of ether oxygens (including phenoxy) is 1. The van der Waals surface area contributed by atoms with Crippen molar-refractivity contribution < 1.29 is 23.8 Å². The van der Waals surface area contributed by atoms with Crippen LogP contribution in [0.2, 0.25) is 0 Å². The van der Waals surface area contributed by atoms with Crippen LogP contribution >= 0.6 is 0 Å². The van der Waals surface area contributed by atoms with E-state index in [1.54, 1.807) is 6.07 Å². The first-order valence-electron chi connectivity index (χ1n) is 5.38. The summed E-state index contributed by atoms with van der Waals surface area (Å²) in [5, 5.41) is 11.3. The van der Waals surface area contributed by atoms with Gasteiger partial charge >= 0.3 is 12.0 Å². The standard InChI is InChI=1S/C11H16N2O5/c1-17-5-3-13(7-10(14)15)11(16)12-6-9-2-4-18-8-9/h2,4,8H,3,5-7H2,1H3,(H,12,16)(H,14,15). The lowest BCUT2D eigenvalue weighted by Gasteiger charge is -2.20. The van der Waals surface area contributed by atoms with Crippen molar-refractivity contribution in [3.8, 4) is 0 Å². The van der Waals surface area contributed by atoms with Crippen molar-refractivity contribution >= 4 is 12.0 Å². The Hall–Kier alpha value is -2.02. The molecule has 0 aromatic carbocycles. The van der Waals surface area contributed by atoms with E-state index >= 15 is 0 Å². The van der Waals surface area contributed by atoms with Gasteiger partial charge in [-0.15, -0.1) is 0 Å². The van der Waals surface area contributed by atoms with E-state index in [0.29, 0.717) is 6.54 Å². The van der Waals surface area contributed by atoms with Crippen molar-refractivity contribution in [3.63, 3.8) is 0 Å². The molecular formula is C11H16N2O5. The monoisotopic (exact) mass is 256 g/mol. The van der Waals surface area contributed by atoms with Gasteiger partial charge in [-0.1, -0.05) is 0 Å². The average molecular weight is 256 g/mol. The molecule has 1 heterocycles. The summed E-state index contributed by atoms with van der Waals surface area (Å²) >= 11 is 0. The Bertz CT molecular complexity index is 377. The number of nitrogens with zero attached hydrogens (tertiary/aromatic N) is 1. The summed E-state index contributed by atoms with van der Waals surface area (Å²) in [4.78, 5) is 23.6. The van der Waals surface area contributed by atoms with Crippen LogP contribution in [-0.2, 0) is 16.1 Å². The van der Waals surface area contributed by atoms with Crippen LogP contribution in [0.5, 0.6) is 0 Å². The molecule has 0 aliphatic carbocycles. The maximum absolute atomic E-state index is 11.7. The second-order valence-corrected chi connectivity index (χ2v) is 3.60. The molecule has 2 N–H and O–H groups in total. The minimum absolute atomic E-state index is 0.222. The summed E-state index contributed by atoms with van der Waals surface area (Å²) in [6.07, 6.45) is 3.01. The van der Waals surface area contributed by atoms with Gasteiger partial charge in [-0.2, -0.15) is 0 Å². The van der Waals surface area contributed by atoms with Crippen LogP contribution in [0.15, 0.2) is 23.0 Å². The van der Waals surface area contributed by atoms with Gasteiger partial charge in [0.15, 0.2) is 0 Å². The molecule has 2 amide bonds. The van der Waals surface area contributed by atoms with Crippen molar-refractivity contribution in [2.75, 3.05) is 26.8 Å². The van der Waals surface area contributed by atoms with Crippen LogP contribution in [-0.4, -0.2) is 48.8 Å². The highest BCUT2D eigenvalue weighted by molar-refractivity contribution is 5.80. The Labute approximate surface area is 104 Å². The average Bonchev–Trinajstić information content (AvgIpc) is 2.84. The lowest BCUT2D eigenvalue weighted by molar-refractivity contribution is -0.137. The third-order valence-corrected chi connectivity index (χ3v) is 2.20. The number of furan rings is 1. The van der Waals surface area contributed by atoms with Gasteiger partial charge in [0.1, 0.15) is 6.54 Å². The van der Waals surface area contributed by atoms with Gasteiger partial charge in [-0.25, -0.2) is 4.79 Å². The van der Waals surface area contributed by atoms with E-state index in [1.165, 1.54) is 24.5 Å². The van der Waals surface area contributed by atoms with Crippen LogP contribution in [0.3, 0.4) is 0 Å². The Morgan fingerprint density at radius 3 is 2.89 bits per heavy atom. The zero-order chi connectivity index (χ0) is 13.4. The van der Waals surface area contributed by atoms with E-state index in [0.717, 1.165) is 5.56 Å². The highest BCUT2D eigenvalue weighted by Crippen LogP contribution is 1.99. The van der Waals surface area contributed by atoms with E-state index in [2.05, 4.69) is 5.32 Å². The molecule has 1 aromatic heterocycles. The minimum Gasteiger partial charge on any atom is -0.480 e. The normalized spacial score (nSPS) is 10.1. The predicted molar refractivity (Wildman–Crippen MR) is 62.0 cm³/mol. The summed E-state index contributed by atoms with van der Waals surface area (Å²) in [7, 11) is 1.49. The van der Waals surface area contributed by atoms with Gasteiger partial charge in [0, 0.05) is 25.8 Å². The van der Waals surface area contributed by atoms with E-state index in [4.69, 9.17) is 14.3 Å². The quantitative estimate of drug-likeness (QED) is 0.742. The van der Waals surface area contributed by atoms with Crippen LogP contribution in [0.4, 0.5) is 4.79 Å². The third kappa shape index (κ3) is 4.88. The largest absolute Gasteiger partial charge is 0.480 e. The SMILES string of the molecule is COCCN(CC(=O)O)C(=O)NCc1ccoc1. The van der Waals surface area contributed by atoms with Crippen LogP contribution in [0.1, 0.15) is 5.56 Å². The summed E-state index contributed by atoms with van der Waals surface area (Å²) in [6.45, 7) is 0.436.